The van der Waals surface area contributed by atoms with Gasteiger partial charge in [0.05, 0.1) is 12.8 Å². The summed E-state index contributed by atoms with van der Waals surface area (Å²) >= 11 is 0. The average molecular weight is 427 g/mol. The van der Waals surface area contributed by atoms with E-state index in [1.807, 2.05) is 45.0 Å². The molecule has 0 bridgehead atoms. The Morgan fingerprint density at radius 1 is 1.06 bits per heavy atom. The number of hydrogen-bond acceptors (Lipinski definition) is 5. The Bertz CT molecular complexity index is 915. The van der Waals surface area contributed by atoms with Gasteiger partial charge in [-0.2, -0.15) is 0 Å². The van der Waals surface area contributed by atoms with Gasteiger partial charge in [0, 0.05) is 19.5 Å². The van der Waals surface area contributed by atoms with E-state index < -0.39 is 0 Å². The van der Waals surface area contributed by atoms with E-state index in [0.29, 0.717) is 43.3 Å². The summed E-state index contributed by atoms with van der Waals surface area (Å²) in [4.78, 5) is 29.3. The summed E-state index contributed by atoms with van der Waals surface area (Å²) < 4.78 is 16.3. The van der Waals surface area contributed by atoms with Crippen LogP contribution in [0.4, 0.5) is 0 Å². The van der Waals surface area contributed by atoms with Crippen LogP contribution in [0.15, 0.2) is 53.7 Å². The van der Waals surface area contributed by atoms with Crippen LogP contribution in [0.3, 0.4) is 0 Å². The molecule has 0 aliphatic carbocycles. The maximum atomic E-state index is 13.3. The number of carbonyl (C=O) groups excluding carboxylic acids is 2. The highest BCUT2D eigenvalue weighted by molar-refractivity contribution is 5.85. The smallest absolute Gasteiger partial charge is 0.242 e. The Morgan fingerprint density at radius 2 is 1.84 bits per heavy atom. The summed E-state index contributed by atoms with van der Waals surface area (Å²) in [5.41, 5.74) is 0.736. The lowest BCUT2D eigenvalue weighted by Gasteiger charge is -2.28. The van der Waals surface area contributed by atoms with Gasteiger partial charge in [-0.25, -0.2) is 0 Å². The van der Waals surface area contributed by atoms with Crippen LogP contribution in [-0.4, -0.2) is 41.5 Å². The molecule has 0 saturated carbocycles. The van der Waals surface area contributed by atoms with Crippen molar-refractivity contribution >= 4 is 11.8 Å². The second-order valence-corrected chi connectivity index (χ2v) is 8.82. The number of hydrogen-bond donors (Lipinski definition) is 0. The highest BCUT2D eigenvalue weighted by atomic mass is 16.7. The monoisotopic (exact) mass is 426 g/mol. The van der Waals surface area contributed by atoms with E-state index in [1.165, 1.54) is 0 Å². The average Bonchev–Trinajstić information content (AvgIpc) is 3.37. The lowest BCUT2D eigenvalue weighted by atomic mass is 9.91. The van der Waals surface area contributed by atoms with Crippen molar-refractivity contribution in [3.05, 3.63) is 60.6 Å². The SMILES string of the molecule is C=CCN(CC(=O)N(Cc1ccc2c(c1)OCO2)Cc1ccco1)C(=O)CC(C)(C)C. The van der Waals surface area contributed by atoms with Gasteiger partial charge in [-0.3, -0.25) is 9.59 Å². The molecule has 0 spiro atoms. The third-order valence-electron chi connectivity index (χ3n) is 4.80. The van der Waals surface area contributed by atoms with E-state index in [9.17, 15) is 9.59 Å². The van der Waals surface area contributed by atoms with E-state index in [0.717, 1.165) is 5.56 Å². The highest BCUT2D eigenvalue weighted by Crippen LogP contribution is 2.33. The van der Waals surface area contributed by atoms with Crippen molar-refractivity contribution in [1.82, 2.24) is 9.80 Å². The summed E-state index contributed by atoms with van der Waals surface area (Å²) in [6.07, 6.45) is 3.58. The molecule has 0 radical (unpaired) electrons. The number of fused-ring (bicyclic) bond motifs is 1. The molecule has 2 aromatic rings. The third-order valence-corrected chi connectivity index (χ3v) is 4.80. The number of ether oxygens (including phenoxy) is 2. The summed E-state index contributed by atoms with van der Waals surface area (Å²) in [6, 6.07) is 9.23. The summed E-state index contributed by atoms with van der Waals surface area (Å²) in [7, 11) is 0. The molecule has 1 aliphatic rings. The second-order valence-electron chi connectivity index (χ2n) is 8.82. The van der Waals surface area contributed by atoms with Crippen molar-refractivity contribution in [3.63, 3.8) is 0 Å². The Kier molecular flexibility index (Phi) is 7.05. The quantitative estimate of drug-likeness (QED) is 0.567. The largest absolute Gasteiger partial charge is 0.467 e. The highest BCUT2D eigenvalue weighted by Gasteiger charge is 2.25. The molecule has 0 saturated heterocycles. The van der Waals surface area contributed by atoms with Gasteiger partial charge in [-0.15, -0.1) is 6.58 Å². The molecular formula is C24H30N2O5. The maximum Gasteiger partial charge on any atom is 0.242 e. The first-order valence-electron chi connectivity index (χ1n) is 10.3. The number of amides is 2. The normalized spacial score (nSPS) is 12.5. The van der Waals surface area contributed by atoms with Crippen LogP contribution in [0.5, 0.6) is 11.5 Å². The lowest BCUT2D eigenvalue weighted by Crippen LogP contribution is -2.43. The van der Waals surface area contributed by atoms with Gasteiger partial charge < -0.3 is 23.7 Å². The van der Waals surface area contributed by atoms with Crippen molar-refractivity contribution in [1.29, 1.82) is 0 Å². The Balaban J connectivity index is 1.76. The van der Waals surface area contributed by atoms with E-state index >= 15 is 0 Å². The molecule has 1 aliphatic heterocycles. The molecule has 1 aromatic heterocycles. The van der Waals surface area contributed by atoms with Crippen LogP contribution in [0.25, 0.3) is 0 Å². The first kappa shape index (κ1) is 22.5. The lowest BCUT2D eigenvalue weighted by molar-refractivity contribution is -0.142. The maximum absolute atomic E-state index is 13.3. The molecule has 2 heterocycles. The molecule has 0 unspecified atom stereocenters. The number of furan rings is 1. The Labute approximate surface area is 183 Å². The van der Waals surface area contributed by atoms with E-state index in [1.54, 1.807) is 28.2 Å². The van der Waals surface area contributed by atoms with Crippen molar-refractivity contribution in [2.24, 2.45) is 5.41 Å². The molecule has 166 valence electrons. The fourth-order valence-electron chi connectivity index (χ4n) is 3.32. The summed E-state index contributed by atoms with van der Waals surface area (Å²) in [5, 5.41) is 0. The minimum absolute atomic E-state index is 0.0216. The van der Waals surface area contributed by atoms with Crippen molar-refractivity contribution in [3.8, 4) is 11.5 Å². The van der Waals surface area contributed by atoms with Gasteiger partial charge in [0.2, 0.25) is 18.6 Å². The number of rotatable bonds is 9. The topological polar surface area (TPSA) is 72.2 Å². The summed E-state index contributed by atoms with van der Waals surface area (Å²) in [5.74, 6) is 1.79. The fourth-order valence-corrected chi connectivity index (χ4v) is 3.32. The Morgan fingerprint density at radius 3 is 2.52 bits per heavy atom. The number of carbonyl (C=O) groups is 2. The zero-order valence-corrected chi connectivity index (χ0v) is 18.4. The number of nitrogens with zero attached hydrogens (tertiary/aromatic N) is 2. The van der Waals surface area contributed by atoms with Crippen LogP contribution in [-0.2, 0) is 22.7 Å². The molecule has 7 heteroatoms. The number of benzene rings is 1. The van der Waals surface area contributed by atoms with Crippen molar-refractivity contribution < 1.29 is 23.5 Å². The van der Waals surface area contributed by atoms with E-state index in [-0.39, 0.29) is 30.6 Å². The van der Waals surface area contributed by atoms with Crippen LogP contribution in [0.2, 0.25) is 0 Å². The van der Waals surface area contributed by atoms with Gasteiger partial charge in [-0.1, -0.05) is 32.9 Å². The zero-order chi connectivity index (χ0) is 22.4. The van der Waals surface area contributed by atoms with Crippen LogP contribution < -0.4 is 9.47 Å². The van der Waals surface area contributed by atoms with Gasteiger partial charge in [0.25, 0.3) is 0 Å². The molecule has 2 amide bonds. The van der Waals surface area contributed by atoms with Gasteiger partial charge >= 0.3 is 0 Å². The van der Waals surface area contributed by atoms with Crippen molar-refractivity contribution in [2.75, 3.05) is 19.9 Å². The molecule has 0 atom stereocenters. The molecule has 0 fully saturated rings. The standard InChI is InChI=1S/C24H30N2O5/c1-5-10-25(22(27)13-24(2,3)4)16-23(28)26(15-19-7-6-11-29-19)14-18-8-9-20-21(12-18)31-17-30-20/h5-9,11-12H,1,10,13-17H2,2-4H3. The predicted molar refractivity (Wildman–Crippen MR) is 116 cm³/mol. The van der Waals surface area contributed by atoms with Crippen LogP contribution >= 0.6 is 0 Å². The molecule has 1 aromatic carbocycles. The molecule has 31 heavy (non-hydrogen) atoms. The second kappa shape index (κ2) is 9.73. The Hall–Kier alpha value is -3.22. The van der Waals surface area contributed by atoms with Crippen LogP contribution in [0, 0.1) is 5.41 Å². The predicted octanol–water partition coefficient (Wildman–Crippen LogP) is 3.99. The van der Waals surface area contributed by atoms with Gasteiger partial charge in [0.1, 0.15) is 12.3 Å². The van der Waals surface area contributed by atoms with Crippen LogP contribution in [0.1, 0.15) is 38.5 Å². The zero-order valence-electron chi connectivity index (χ0n) is 18.4. The van der Waals surface area contributed by atoms with E-state index in [2.05, 4.69) is 6.58 Å². The minimum Gasteiger partial charge on any atom is -0.467 e. The van der Waals surface area contributed by atoms with Crippen molar-refractivity contribution in [2.45, 2.75) is 40.3 Å². The van der Waals surface area contributed by atoms with Gasteiger partial charge in [-0.05, 0) is 35.2 Å². The minimum atomic E-state index is -0.168. The molecule has 0 N–H and O–H groups in total. The first-order chi connectivity index (χ1) is 14.7. The van der Waals surface area contributed by atoms with Gasteiger partial charge in [0.15, 0.2) is 11.5 Å². The third kappa shape index (κ3) is 6.38. The summed E-state index contributed by atoms with van der Waals surface area (Å²) in [6.45, 7) is 10.9. The van der Waals surface area contributed by atoms with E-state index in [4.69, 9.17) is 13.9 Å². The fraction of sp³-hybridized carbons (Fsp3) is 0.417. The first-order valence-corrected chi connectivity index (χ1v) is 10.3. The molecule has 3 rings (SSSR count). The molecule has 7 nitrogen and oxygen atoms in total. The molecular weight excluding hydrogens is 396 g/mol.